The zero-order valence-corrected chi connectivity index (χ0v) is 30.0. The van der Waals surface area contributed by atoms with Crippen molar-refractivity contribution in [3.63, 3.8) is 0 Å². The Bertz CT molecular complexity index is 2010. The van der Waals surface area contributed by atoms with Crippen molar-refractivity contribution in [1.29, 1.82) is 5.26 Å². The zero-order chi connectivity index (χ0) is 37.8. The van der Waals surface area contributed by atoms with Crippen molar-refractivity contribution < 1.29 is 36.2 Å². The smallest absolute Gasteiger partial charge is 0.418 e. The van der Waals surface area contributed by atoms with Crippen molar-refractivity contribution in [2.45, 2.75) is 68.2 Å². The molecule has 0 spiro atoms. The van der Waals surface area contributed by atoms with Crippen LogP contribution in [0.5, 0.6) is 6.01 Å². The molecule has 0 unspecified atom stereocenters. The highest BCUT2D eigenvalue weighted by Crippen LogP contribution is 2.44. The van der Waals surface area contributed by atoms with Crippen LogP contribution in [0.4, 0.5) is 27.8 Å². The van der Waals surface area contributed by atoms with E-state index in [1.807, 2.05) is 11.0 Å². The number of aromatic nitrogens is 3. The molecule has 5 aliphatic heterocycles. The van der Waals surface area contributed by atoms with E-state index in [1.165, 1.54) is 18.3 Å². The van der Waals surface area contributed by atoms with Crippen LogP contribution in [-0.4, -0.2) is 124 Å². The fourth-order valence-electron chi connectivity index (χ4n) is 8.88. The van der Waals surface area contributed by atoms with Crippen LogP contribution in [-0.2, 0) is 15.7 Å². The molecule has 2 aromatic heterocycles. The van der Waals surface area contributed by atoms with Crippen LogP contribution < -0.4 is 9.64 Å². The first-order valence-corrected chi connectivity index (χ1v) is 18.5. The number of halogens is 6. The molecule has 1 aromatic carbocycles. The summed E-state index contributed by atoms with van der Waals surface area (Å²) in [6.45, 7) is 3.74. The Morgan fingerprint density at radius 2 is 2.04 bits per heavy atom. The Morgan fingerprint density at radius 3 is 2.80 bits per heavy atom. The maximum Gasteiger partial charge on any atom is 0.418 e. The lowest BCUT2D eigenvalue weighted by atomic mass is 9.95. The summed E-state index contributed by atoms with van der Waals surface area (Å²) in [4.78, 5) is 34.3. The van der Waals surface area contributed by atoms with E-state index in [9.17, 15) is 27.6 Å². The monoisotopic (exact) mass is 772 g/mol. The molecule has 8 rings (SSSR count). The number of carbonyl (C=O) groups is 1. The lowest BCUT2D eigenvalue weighted by Gasteiger charge is -2.41. The van der Waals surface area contributed by atoms with Gasteiger partial charge in [0.25, 0.3) is 0 Å². The van der Waals surface area contributed by atoms with Crippen LogP contribution in [0.15, 0.2) is 36.5 Å². The van der Waals surface area contributed by atoms with Gasteiger partial charge in [-0.2, -0.15) is 28.4 Å². The molecule has 0 N–H and O–H groups in total. The lowest BCUT2D eigenvalue weighted by Crippen LogP contribution is -2.55. The van der Waals surface area contributed by atoms with Crippen LogP contribution in [0.3, 0.4) is 0 Å². The minimum Gasteiger partial charge on any atom is -0.461 e. The number of hydrogen-bond acceptors (Lipinski definition) is 10. The molecule has 54 heavy (non-hydrogen) atoms. The highest BCUT2D eigenvalue weighted by atomic mass is 35.5. The molecule has 1 amide bonds. The molecule has 0 saturated carbocycles. The van der Waals surface area contributed by atoms with Crippen molar-refractivity contribution in [2.24, 2.45) is 0 Å². The van der Waals surface area contributed by atoms with E-state index >= 15 is 4.39 Å². The van der Waals surface area contributed by atoms with E-state index in [0.717, 1.165) is 31.5 Å². The van der Waals surface area contributed by atoms with Gasteiger partial charge in [-0.15, -0.1) is 0 Å². The number of likely N-dealkylation sites (tertiary alicyclic amines) is 1. The van der Waals surface area contributed by atoms with E-state index in [4.69, 9.17) is 21.1 Å². The summed E-state index contributed by atoms with van der Waals surface area (Å²) in [5.74, 6) is -1.19. The van der Waals surface area contributed by atoms with Gasteiger partial charge in [-0.1, -0.05) is 29.8 Å². The molecule has 5 fully saturated rings. The Labute approximate surface area is 313 Å². The molecule has 17 heteroatoms. The Morgan fingerprint density at radius 1 is 1.19 bits per heavy atom. The first kappa shape index (κ1) is 36.8. The van der Waals surface area contributed by atoms with Crippen LogP contribution in [0.25, 0.3) is 22.2 Å². The average molecular weight is 773 g/mol. The normalized spacial score (nSPS) is 27.4. The van der Waals surface area contributed by atoms with Crippen LogP contribution in [0.2, 0.25) is 5.02 Å². The van der Waals surface area contributed by atoms with E-state index in [1.54, 1.807) is 9.80 Å². The number of nitriles is 1. The fourth-order valence-corrected chi connectivity index (χ4v) is 9.16. The molecule has 5 atom stereocenters. The number of amides is 1. The van der Waals surface area contributed by atoms with E-state index < -0.39 is 51.6 Å². The first-order valence-electron chi connectivity index (χ1n) is 18.1. The molecule has 3 aromatic rings. The number of anilines is 1. The average Bonchev–Trinajstić information content (AvgIpc) is 3.92. The van der Waals surface area contributed by atoms with Crippen molar-refractivity contribution in [1.82, 2.24) is 29.7 Å². The molecule has 0 radical (unpaired) electrons. The van der Waals surface area contributed by atoms with Crippen molar-refractivity contribution in [3.8, 4) is 23.3 Å². The Balaban J connectivity index is 1.11. The van der Waals surface area contributed by atoms with Crippen LogP contribution in [0.1, 0.15) is 37.7 Å². The fraction of sp³-hybridized carbons (Fsp3) is 0.541. The summed E-state index contributed by atoms with van der Waals surface area (Å²) in [5, 5.41) is 9.23. The summed E-state index contributed by atoms with van der Waals surface area (Å²) >= 11 is 5.97. The lowest BCUT2D eigenvalue weighted by molar-refractivity contribution is -0.137. The minimum absolute atomic E-state index is 0.00414. The summed E-state index contributed by atoms with van der Waals surface area (Å²) in [6, 6.07) is 5.15. The van der Waals surface area contributed by atoms with E-state index in [-0.39, 0.29) is 80.4 Å². The number of ether oxygens (including phenoxy) is 2. The van der Waals surface area contributed by atoms with Gasteiger partial charge in [0.15, 0.2) is 5.82 Å². The molecule has 11 nitrogen and oxygen atoms in total. The second kappa shape index (κ2) is 14.5. The van der Waals surface area contributed by atoms with Crippen molar-refractivity contribution >= 4 is 34.2 Å². The SMILES string of the molecule is N#CC[C@H]1CN(c2nc(OC[C@@]34CCCN3C[C@H](F)C4)nc3c(F)c(-c4cccc(Cl)c4C(F)(F)F)ncc23)CCN1C(=O)/C=C/CN1C[C@@H]2C[C@H]1CO2. The second-order valence-electron chi connectivity index (χ2n) is 14.7. The van der Waals surface area contributed by atoms with E-state index in [2.05, 4.69) is 25.9 Å². The number of benzene rings is 1. The molecular weight excluding hydrogens is 735 g/mol. The largest absolute Gasteiger partial charge is 0.461 e. The molecule has 2 bridgehead atoms. The van der Waals surface area contributed by atoms with Crippen LogP contribution in [0, 0.1) is 17.1 Å². The van der Waals surface area contributed by atoms with Gasteiger partial charge in [0.05, 0.1) is 52.8 Å². The van der Waals surface area contributed by atoms with Gasteiger partial charge in [-0.05, 0) is 31.9 Å². The highest BCUT2D eigenvalue weighted by Gasteiger charge is 2.49. The van der Waals surface area contributed by atoms with Crippen molar-refractivity contribution in [2.75, 3.05) is 63.9 Å². The van der Waals surface area contributed by atoms with Gasteiger partial charge in [0.1, 0.15) is 29.8 Å². The Hall–Kier alpha value is -4.17. The number of alkyl halides is 4. The van der Waals surface area contributed by atoms with Crippen molar-refractivity contribution in [3.05, 3.63) is 53.0 Å². The molecule has 5 aliphatic rings. The van der Waals surface area contributed by atoms with Gasteiger partial charge >= 0.3 is 12.2 Å². The predicted molar refractivity (Wildman–Crippen MR) is 188 cm³/mol. The van der Waals surface area contributed by atoms with E-state index in [0.29, 0.717) is 32.2 Å². The zero-order valence-electron chi connectivity index (χ0n) is 29.2. The minimum atomic E-state index is -4.91. The summed E-state index contributed by atoms with van der Waals surface area (Å²) in [7, 11) is 0. The van der Waals surface area contributed by atoms with Gasteiger partial charge in [-0.3, -0.25) is 19.6 Å². The number of rotatable bonds is 9. The standard InChI is InChI=1S/C37H38ClF5N8O3/c38-28-5-1-4-26(30(28)37(41,42)43)32-31(40)33-27(16-45-32)34(47-35(46-33)54-21-36-8-3-11-50(36)17-22(39)15-36)49-12-13-51(23(18-49)7-9-44)29(52)6-2-10-48-19-25-14-24(48)20-53-25/h1-2,4-6,16,22-25H,3,7-8,10-15,17-21H2/b6-2+/t22-,23+,24+,25+,36+/m1/s1. The van der Waals surface area contributed by atoms with Gasteiger partial charge in [0, 0.05) is 69.6 Å². The number of carbonyl (C=O) groups excluding carboxylic acids is 1. The third-order valence-electron chi connectivity index (χ3n) is 11.4. The van der Waals surface area contributed by atoms with Gasteiger partial charge in [-0.25, -0.2) is 8.78 Å². The summed E-state index contributed by atoms with van der Waals surface area (Å²) in [5.41, 5.74) is -3.31. The predicted octanol–water partition coefficient (Wildman–Crippen LogP) is 5.42. The number of piperazine rings is 1. The third kappa shape index (κ3) is 6.84. The summed E-state index contributed by atoms with van der Waals surface area (Å²) in [6.07, 6.45) is 1.69. The first-order chi connectivity index (χ1) is 25.9. The molecular formula is C37H38ClF5N8O3. The summed E-state index contributed by atoms with van der Waals surface area (Å²) < 4.78 is 85.5. The molecule has 7 heterocycles. The number of morpholine rings is 1. The van der Waals surface area contributed by atoms with Crippen LogP contribution >= 0.6 is 11.6 Å². The highest BCUT2D eigenvalue weighted by molar-refractivity contribution is 6.31. The molecule has 0 aliphatic carbocycles. The topological polar surface area (TPSA) is 111 Å². The maximum atomic E-state index is 16.6. The third-order valence-corrected chi connectivity index (χ3v) is 11.7. The molecule has 5 saturated heterocycles. The number of fused-ring (bicyclic) bond motifs is 4. The number of pyridine rings is 1. The number of nitrogens with zero attached hydrogens (tertiary/aromatic N) is 8. The molecule has 286 valence electrons. The number of hydrogen-bond donors (Lipinski definition) is 0. The Kier molecular flexibility index (Phi) is 9.87. The second-order valence-corrected chi connectivity index (χ2v) is 15.1. The quantitative estimate of drug-likeness (QED) is 0.207. The maximum absolute atomic E-state index is 16.6. The van der Waals surface area contributed by atoms with Gasteiger partial charge in [0.2, 0.25) is 5.91 Å². The van der Waals surface area contributed by atoms with Gasteiger partial charge < -0.3 is 19.3 Å².